The van der Waals surface area contributed by atoms with Crippen LogP contribution in [-0.2, 0) is 15.1 Å². The summed E-state index contributed by atoms with van der Waals surface area (Å²) in [5.41, 5.74) is 1.34. The van der Waals surface area contributed by atoms with E-state index in [0.29, 0.717) is 17.7 Å². The number of hydrogen-bond acceptors (Lipinski definition) is 3. The van der Waals surface area contributed by atoms with Gasteiger partial charge in [-0.25, -0.2) is 0 Å². The number of carbonyl (C=O) groups excluding carboxylic acids is 2. The molecule has 1 aliphatic rings. The second-order valence-electron chi connectivity index (χ2n) is 4.56. The van der Waals surface area contributed by atoms with E-state index in [2.05, 4.69) is 5.32 Å². The normalized spacial score (nSPS) is 21.8. The van der Waals surface area contributed by atoms with E-state index in [9.17, 15) is 9.59 Å². The molecule has 0 radical (unpaired) electrons. The summed E-state index contributed by atoms with van der Waals surface area (Å²) >= 11 is 0. The third kappa shape index (κ3) is 1.40. The lowest BCUT2D eigenvalue weighted by Gasteiger charge is -2.24. The van der Waals surface area contributed by atoms with Crippen LogP contribution in [0.2, 0.25) is 0 Å². The van der Waals surface area contributed by atoms with E-state index in [1.165, 1.54) is 4.90 Å². The number of amides is 2. The minimum atomic E-state index is -1.07. The van der Waals surface area contributed by atoms with Gasteiger partial charge in [-0.05, 0) is 25.5 Å². The highest BCUT2D eigenvalue weighted by molar-refractivity contribution is 6.09. The van der Waals surface area contributed by atoms with Crippen LogP contribution >= 0.6 is 0 Å². The maximum Gasteiger partial charge on any atom is 0.257 e. The fourth-order valence-corrected chi connectivity index (χ4v) is 2.51. The van der Waals surface area contributed by atoms with Gasteiger partial charge in [-0.2, -0.15) is 0 Å². The number of nitrogens with zero attached hydrogens (tertiary/aromatic N) is 1. The lowest BCUT2D eigenvalue weighted by molar-refractivity contribution is -0.126. The van der Waals surface area contributed by atoms with Gasteiger partial charge >= 0.3 is 0 Å². The van der Waals surface area contributed by atoms with Crippen LogP contribution in [0.5, 0.6) is 5.75 Å². The first-order valence-corrected chi connectivity index (χ1v) is 5.65. The zero-order valence-electron chi connectivity index (χ0n) is 10.9. The molecule has 0 aromatic heterocycles. The predicted molar refractivity (Wildman–Crippen MR) is 67.7 cm³/mol. The molecule has 0 aliphatic carbocycles. The number of fused-ring (bicyclic) bond motifs is 1. The van der Waals surface area contributed by atoms with Gasteiger partial charge in [-0.1, -0.05) is 6.07 Å². The Balaban J connectivity index is 2.75. The van der Waals surface area contributed by atoms with Gasteiger partial charge in [-0.3, -0.25) is 9.59 Å². The predicted octanol–water partition coefficient (Wildman–Crippen LogP) is 0.941. The lowest BCUT2D eigenvalue weighted by Crippen LogP contribution is -2.47. The van der Waals surface area contributed by atoms with Gasteiger partial charge in [0, 0.05) is 7.05 Å². The fourth-order valence-electron chi connectivity index (χ4n) is 2.51. The number of aryl methyl sites for hydroxylation is 1. The minimum Gasteiger partial charge on any atom is -0.496 e. The van der Waals surface area contributed by atoms with Gasteiger partial charge in [0.15, 0.2) is 0 Å². The van der Waals surface area contributed by atoms with Gasteiger partial charge in [-0.15, -0.1) is 0 Å². The smallest absolute Gasteiger partial charge is 0.257 e. The molecule has 0 bridgehead atoms. The van der Waals surface area contributed by atoms with Crippen LogP contribution in [0.25, 0.3) is 0 Å². The van der Waals surface area contributed by atoms with Crippen molar-refractivity contribution < 1.29 is 14.3 Å². The number of anilines is 1. The Morgan fingerprint density at radius 1 is 1.44 bits per heavy atom. The van der Waals surface area contributed by atoms with Crippen molar-refractivity contribution in [2.24, 2.45) is 0 Å². The molecule has 1 unspecified atom stereocenters. The summed E-state index contributed by atoms with van der Waals surface area (Å²) in [5.74, 6) is 0.468. The number of ether oxygens (including phenoxy) is 1. The summed E-state index contributed by atoms with van der Waals surface area (Å²) < 4.78 is 5.39. The molecule has 5 heteroatoms. The molecule has 0 spiro atoms. The largest absolute Gasteiger partial charge is 0.496 e. The molecule has 1 aliphatic heterocycles. The van der Waals surface area contributed by atoms with Crippen molar-refractivity contribution >= 4 is 18.0 Å². The molecule has 0 saturated carbocycles. The van der Waals surface area contributed by atoms with Crippen LogP contribution in [0.4, 0.5) is 5.69 Å². The zero-order valence-corrected chi connectivity index (χ0v) is 10.9. The Kier molecular flexibility index (Phi) is 2.77. The Hall–Kier alpha value is -2.04. The van der Waals surface area contributed by atoms with Crippen molar-refractivity contribution in [2.75, 3.05) is 19.1 Å². The lowest BCUT2D eigenvalue weighted by atomic mass is 9.91. The molecular formula is C13H16N2O3. The Morgan fingerprint density at radius 3 is 2.67 bits per heavy atom. The molecule has 96 valence electrons. The van der Waals surface area contributed by atoms with E-state index in [1.54, 1.807) is 21.1 Å². The number of nitrogens with one attached hydrogen (secondary N) is 1. The van der Waals surface area contributed by atoms with Crippen LogP contribution in [0, 0.1) is 6.92 Å². The molecular weight excluding hydrogens is 232 g/mol. The molecule has 5 nitrogen and oxygen atoms in total. The second-order valence-corrected chi connectivity index (χ2v) is 4.56. The molecule has 2 amide bonds. The number of carbonyl (C=O) groups is 2. The summed E-state index contributed by atoms with van der Waals surface area (Å²) in [6.07, 6.45) is 0.544. The first kappa shape index (κ1) is 12.4. The maximum atomic E-state index is 12.3. The summed E-state index contributed by atoms with van der Waals surface area (Å²) in [5, 5.41) is 2.61. The first-order chi connectivity index (χ1) is 8.47. The highest BCUT2D eigenvalue weighted by Crippen LogP contribution is 2.45. The average Bonchev–Trinajstić information content (AvgIpc) is 2.53. The van der Waals surface area contributed by atoms with E-state index in [4.69, 9.17) is 4.74 Å². The fraction of sp³-hybridized carbons (Fsp3) is 0.385. The van der Waals surface area contributed by atoms with Crippen molar-refractivity contribution in [3.05, 3.63) is 23.3 Å². The summed E-state index contributed by atoms with van der Waals surface area (Å²) in [4.78, 5) is 24.6. The molecule has 1 aromatic rings. The number of hydrogen-bond donors (Lipinski definition) is 1. The van der Waals surface area contributed by atoms with Crippen molar-refractivity contribution in [3.63, 3.8) is 0 Å². The summed E-state index contributed by atoms with van der Waals surface area (Å²) in [6, 6.07) is 3.76. The van der Waals surface area contributed by atoms with Crippen molar-refractivity contribution in [3.8, 4) is 5.75 Å². The Labute approximate surface area is 106 Å². The van der Waals surface area contributed by atoms with Crippen LogP contribution in [0.1, 0.15) is 18.1 Å². The summed E-state index contributed by atoms with van der Waals surface area (Å²) in [7, 11) is 3.25. The number of benzene rings is 1. The molecule has 1 N–H and O–H groups in total. The number of rotatable bonds is 3. The minimum absolute atomic E-state index is 0.173. The van der Waals surface area contributed by atoms with Crippen LogP contribution in [0.15, 0.2) is 12.1 Å². The van der Waals surface area contributed by atoms with Crippen LogP contribution < -0.4 is 15.0 Å². The van der Waals surface area contributed by atoms with Gasteiger partial charge in [0.1, 0.15) is 11.3 Å². The topological polar surface area (TPSA) is 58.6 Å². The van der Waals surface area contributed by atoms with E-state index in [1.807, 2.05) is 19.1 Å². The third-order valence-corrected chi connectivity index (χ3v) is 3.48. The van der Waals surface area contributed by atoms with E-state index < -0.39 is 5.54 Å². The van der Waals surface area contributed by atoms with Gasteiger partial charge < -0.3 is 15.0 Å². The molecule has 1 atom stereocenters. The van der Waals surface area contributed by atoms with E-state index in [-0.39, 0.29) is 5.91 Å². The number of likely N-dealkylation sites (N-methyl/N-ethyl adjacent to an activating group) is 1. The Bertz CT molecular complexity index is 527. The standard InChI is InChI=1S/C13H16N2O3/c1-8-5-6-9-10(11(8)18-4)13(2,14-7-16)12(17)15(9)3/h5-7H,1-4H3,(H,14,16). The molecule has 0 fully saturated rings. The van der Waals surface area contributed by atoms with Gasteiger partial charge in [0.05, 0.1) is 18.4 Å². The van der Waals surface area contributed by atoms with E-state index in [0.717, 1.165) is 11.3 Å². The third-order valence-electron chi connectivity index (χ3n) is 3.48. The molecule has 2 rings (SSSR count). The molecule has 0 saturated heterocycles. The molecule has 18 heavy (non-hydrogen) atoms. The van der Waals surface area contributed by atoms with Crippen LogP contribution in [0.3, 0.4) is 0 Å². The maximum absolute atomic E-state index is 12.3. The van der Waals surface area contributed by atoms with Crippen molar-refractivity contribution in [1.29, 1.82) is 0 Å². The molecule has 1 aromatic carbocycles. The van der Waals surface area contributed by atoms with Gasteiger partial charge in [0.2, 0.25) is 6.41 Å². The second kappa shape index (κ2) is 4.01. The van der Waals surface area contributed by atoms with Gasteiger partial charge in [0.25, 0.3) is 5.91 Å². The number of methoxy groups -OCH3 is 1. The highest BCUT2D eigenvalue weighted by atomic mass is 16.5. The zero-order chi connectivity index (χ0) is 13.5. The van der Waals surface area contributed by atoms with Crippen LogP contribution in [-0.4, -0.2) is 26.5 Å². The monoisotopic (exact) mass is 248 g/mol. The Morgan fingerprint density at radius 2 is 2.11 bits per heavy atom. The molecule has 1 heterocycles. The van der Waals surface area contributed by atoms with Crippen molar-refractivity contribution in [1.82, 2.24) is 5.32 Å². The average molecular weight is 248 g/mol. The SMILES string of the molecule is COc1c(C)ccc2c1C(C)(NC=O)C(=O)N2C. The highest BCUT2D eigenvalue weighted by Gasteiger charge is 2.48. The van der Waals surface area contributed by atoms with Crippen molar-refractivity contribution in [2.45, 2.75) is 19.4 Å². The van der Waals surface area contributed by atoms with E-state index >= 15 is 0 Å². The quantitative estimate of drug-likeness (QED) is 0.810. The first-order valence-electron chi connectivity index (χ1n) is 5.65. The summed E-state index contributed by atoms with van der Waals surface area (Å²) in [6.45, 7) is 3.59.